The second-order valence-corrected chi connectivity index (χ2v) is 9.25. The van der Waals surface area contributed by atoms with Gasteiger partial charge in [0, 0.05) is 18.2 Å². The molecule has 0 unspecified atom stereocenters. The summed E-state index contributed by atoms with van der Waals surface area (Å²) in [6.07, 6.45) is 1.36. The van der Waals surface area contributed by atoms with Crippen molar-refractivity contribution >= 4 is 21.2 Å². The van der Waals surface area contributed by atoms with Crippen LogP contribution in [0, 0.1) is 6.92 Å². The molecular formula is C22H23N5O6S. The maximum absolute atomic E-state index is 13.1. The van der Waals surface area contributed by atoms with E-state index in [4.69, 9.17) is 4.74 Å². The molecule has 0 spiro atoms. The lowest BCUT2D eigenvalue weighted by Gasteiger charge is -2.14. The molecule has 178 valence electrons. The predicted molar refractivity (Wildman–Crippen MR) is 125 cm³/mol. The fourth-order valence-electron chi connectivity index (χ4n) is 3.59. The molecule has 4 aromatic rings. The number of aromatic hydroxyl groups is 2. The van der Waals surface area contributed by atoms with Gasteiger partial charge in [0.05, 0.1) is 18.4 Å². The van der Waals surface area contributed by atoms with Gasteiger partial charge in [0.1, 0.15) is 28.0 Å². The summed E-state index contributed by atoms with van der Waals surface area (Å²) in [5.41, 5.74) is 0.519. The Labute approximate surface area is 194 Å². The molecule has 0 saturated heterocycles. The number of phenolic OH excluding ortho intramolecular Hbond substituents is 2. The predicted octanol–water partition coefficient (Wildman–Crippen LogP) is 2.57. The molecule has 12 heteroatoms. The van der Waals surface area contributed by atoms with E-state index in [-0.39, 0.29) is 44.7 Å². The minimum Gasteiger partial charge on any atom is -0.508 e. The van der Waals surface area contributed by atoms with E-state index in [1.54, 1.807) is 6.92 Å². The molecule has 0 fully saturated rings. The molecule has 0 bridgehead atoms. The summed E-state index contributed by atoms with van der Waals surface area (Å²) in [6, 6.07) is 7.76. The number of fused-ring (bicyclic) bond motifs is 1. The summed E-state index contributed by atoms with van der Waals surface area (Å²) in [4.78, 5) is 19.5. The van der Waals surface area contributed by atoms with E-state index in [0.29, 0.717) is 17.9 Å². The Balaban J connectivity index is 1.88. The second-order valence-electron chi connectivity index (χ2n) is 7.60. The molecule has 4 rings (SSSR count). The number of aromatic nitrogens is 4. The number of nitrogens with zero attached hydrogens (tertiary/aromatic N) is 3. The van der Waals surface area contributed by atoms with E-state index < -0.39 is 15.6 Å². The zero-order chi connectivity index (χ0) is 24.6. The number of sulfonamides is 1. The van der Waals surface area contributed by atoms with Crippen LogP contribution in [0.4, 0.5) is 5.69 Å². The maximum Gasteiger partial charge on any atom is 0.277 e. The van der Waals surface area contributed by atoms with Crippen molar-refractivity contribution in [1.29, 1.82) is 0 Å². The van der Waals surface area contributed by atoms with Gasteiger partial charge in [-0.25, -0.2) is 17.9 Å². The summed E-state index contributed by atoms with van der Waals surface area (Å²) < 4.78 is 35.3. The number of H-pyrrole nitrogens is 1. The average molecular weight is 486 g/mol. The Morgan fingerprint density at radius 3 is 2.53 bits per heavy atom. The molecule has 2 aromatic carbocycles. The number of hydrogen-bond acceptors (Lipinski definition) is 8. The van der Waals surface area contributed by atoms with Crippen LogP contribution >= 0.6 is 0 Å². The first-order chi connectivity index (χ1) is 16.1. The topological polar surface area (TPSA) is 159 Å². The third kappa shape index (κ3) is 4.15. The molecule has 0 amide bonds. The first kappa shape index (κ1) is 23.1. The fourth-order valence-corrected chi connectivity index (χ4v) is 4.83. The Morgan fingerprint density at radius 1 is 1.18 bits per heavy atom. The van der Waals surface area contributed by atoms with Crippen molar-refractivity contribution in [3.8, 4) is 28.6 Å². The summed E-state index contributed by atoms with van der Waals surface area (Å²) in [7, 11) is -2.92. The van der Waals surface area contributed by atoms with Crippen LogP contribution in [-0.4, -0.2) is 45.3 Å². The quantitative estimate of drug-likeness (QED) is 0.291. The van der Waals surface area contributed by atoms with Crippen molar-refractivity contribution in [3.63, 3.8) is 0 Å². The Morgan fingerprint density at radius 2 is 1.88 bits per heavy atom. The van der Waals surface area contributed by atoms with Gasteiger partial charge in [-0.3, -0.25) is 9.52 Å². The number of ether oxygens (including phenoxy) is 1. The maximum atomic E-state index is 13.1. The standard InChI is InChI=1S/C22H23N5O6S/c1-4-5-19-23-12(2)20-22(30)24-21(25-27(19)20)15-10-18(17(33-3)11-16(15)29)34(31,32)26-13-6-8-14(28)9-7-13/h6-11,26,28-29H,4-5H2,1-3H3,(H,24,25,30). The largest absolute Gasteiger partial charge is 0.508 e. The smallest absolute Gasteiger partial charge is 0.277 e. The third-order valence-electron chi connectivity index (χ3n) is 5.16. The first-order valence-electron chi connectivity index (χ1n) is 10.4. The van der Waals surface area contributed by atoms with Crippen molar-refractivity contribution in [2.24, 2.45) is 0 Å². The Hall–Kier alpha value is -4.06. The number of aryl methyl sites for hydroxylation is 2. The van der Waals surface area contributed by atoms with E-state index in [1.807, 2.05) is 6.92 Å². The zero-order valence-corrected chi connectivity index (χ0v) is 19.5. The number of imidazole rings is 1. The van der Waals surface area contributed by atoms with Crippen LogP contribution in [0.25, 0.3) is 16.9 Å². The molecule has 0 aliphatic carbocycles. The molecule has 0 aliphatic rings. The Kier molecular flexibility index (Phi) is 5.92. The van der Waals surface area contributed by atoms with Gasteiger partial charge in [-0.05, 0) is 43.7 Å². The van der Waals surface area contributed by atoms with Gasteiger partial charge in [0.25, 0.3) is 15.6 Å². The van der Waals surface area contributed by atoms with Crippen LogP contribution in [-0.2, 0) is 16.4 Å². The third-order valence-corrected chi connectivity index (χ3v) is 6.56. The minimum absolute atomic E-state index is 0.0142. The number of nitrogens with one attached hydrogen (secondary N) is 2. The number of phenols is 2. The number of benzene rings is 2. The van der Waals surface area contributed by atoms with Crippen LogP contribution < -0.4 is 15.0 Å². The highest BCUT2D eigenvalue weighted by atomic mass is 32.2. The number of aromatic amines is 1. The van der Waals surface area contributed by atoms with E-state index in [9.17, 15) is 23.4 Å². The molecule has 11 nitrogen and oxygen atoms in total. The Bertz CT molecular complexity index is 1540. The summed E-state index contributed by atoms with van der Waals surface area (Å²) >= 11 is 0. The van der Waals surface area contributed by atoms with Gasteiger partial charge >= 0.3 is 0 Å². The second kappa shape index (κ2) is 8.71. The summed E-state index contributed by atoms with van der Waals surface area (Å²) in [5, 5.41) is 24.5. The summed E-state index contributed by atoms with van der Waals surface area (Å²) in [6.45, 7) is 3.67. The van der Waals surface area contributed by atoms with E-state index >= 15 is 0 Å². The van der Waals surface area contributed by atoms with E-state index in [1.165, 1.54) is 42.0 Å². The summed E-state index contributed by atoms with van der Waals surface area (Å²) in [5.74, 6) is 0.0821. The van der Waals surface area contributed by atoms with Crippen LogP contribution in [0.3, 0.4) is 0 Å². The monoisotopic (exact) mass is 485 g/mol. The highest BCUT2D eigenvalue weighted by Gasteiger charge is 2.25. The van der Waals surface area contributed by atoms with Crippen LogP contribution in [0.1, 0.15) is 24.9 Å². The van der Waals surface area contributed by atoms with Crippen molar-refractivity contribution in [3.05, 3.63) is 58.3 Å². The van der Waals surface area contributed by atoms with Gasteiger partial charge in [-0.15, -0.1) is 5.10 Å². The lowest BCUT2D eigenvalue weighted by atomic mass is 10.2. The molecule has 34 heavy (non-hydrogen) atoms. The van der Waals surface area contributed by atoms with Crippen molar-refractivity contribution in [1.82, 2.24) is 19.6 Å². The molecule has 0 radical (unpaired) electrons. The van der Waals surface area contributed by atoms with E-state index in [0.717, 1.165) is 12.5 Å². The first-order valence-corrected chi connectivity index (χ1v) is 11.8. The number of anilines is 1. The number of methoxy groups -OCH3 is 1. The lowest BCUT2D eigenvalue weighted by Crippen LogP contribution is -2.17. The zero-order valence-electron chi connectivity index (χ0n) is 18.7. The highest BCUT2D eigenvalue weighted by Crippen LogP contribution is 2.36. The fraction of sp³-hybridized carbons (Fsp3) is 0.227. The normalized spacial score (nSPS) is 11.6. The van der Waals surface area contributed by atoms with Crippen molar-refractivity contribution in [2.75, 3.05) is 11.8 Å². The molecule has 2 aromatic heterocycles. The van der Waals surface area contributed by atoms with Gasteiger partial charge in [-0.1, -0.05) is 6.92 Å². The molecule has 0 aliphatic heterocycles. The van der Waals surface area contributed by atoms with Crippen molar-refractivity contribution in [2.45, 2.75) is 31.6 Å². The van der Waals surface area contributed by atoms with E-state index in [2.05, 4.69) is 19.8 Å². The molecule has 2 heterocycles. The number of rotatable bonds is 7. The van der Waals surface area contributed by atoms with Gasteiger partial charge < -0.3 is 19.9 Å². The van der Waals surface area contributed by atoms with Crippen LogP contribution in [0.2, 0.25) is 0 Å². The molecule has 0 saturated carbocycles. The minimum atomic E-state index is -4.19. The SMILES string of the molecule is CCCc1nc(C)c2c(=O)[nH]c(-c3cc(S(=O)(=O)Nc4ccc(O)cc4)c(OC)cc3O)nn12. The van der Waals surface area contributed by atoms with Gasteiger partial charge in [-0.2, -0.15) is 0 Å². The lowest BCUT2D eigenvalue weighted by molar-refractivity contribution is 0.396. The molecule has 4 N–H and O–H groups in total. The number of hydrogen-bond donors (Lipinski definition) is 4. The average Bonchev–Trinajstić information content (AvgIpc) is 3.10. The molecular weight excluding hydrogens is 462 g/mol. The van der Waals surface area contributed by atoms with Crippen molar-refractivity contribution < 1.29 is 23.4 Å². The van der Waals surface area contributed by atoms with Crippen LogP contribution in [0.5, 0.6) is 17.2 Å². The molecule has 0 atom stereocenters. The van der Waals surface area contributed by atoms with Gasteiger partial charge in [0.2, 0.25) is 0 Å². The highest BCUT2D eigenvalue weighted by molar-refractivity contribution is 7.92. The van der Waals surface area contributed by atoms with Gasteiger partial charge in [0.15, 0.2) is 11.3 Å². The van der Waals surface area contributed by atoms with Crippen LogP contribution in [0.15, 0.2) is 46.1 Å².